The minimum atomic E-state index is -0.523. The van der Waals surface area contributed by atoms with Gasteiger partial charge in [0.1, 0.15) is 6.17 Å². The van der Waals surface area contributed by atoms with Crippen molar-refractivity contribution in [1.82, 2.24) is 20.0 Å². The molecule has 2 heterocycles. The van der Waals surface area contributed by atoms with Gasteiger partial charge in [0.05, 0.1) is 6.54 Å². The first-order chi connectivity index (χ1) is 13.6. The van der Waals surface area contributed by atoms with E-state index in [1.165, 1.54) is 4.90 Å². The molecule has 0 bridgehead atoms. The topological polar surface area (TPSA) is 68.2 Å². The number of fused-ring (bicyclic) bond motifs is 1. The molecule has 2 aromatic rings. The van der Waals surface area contributed by atoms with E-state index in [-0.39, 0.29) is 18.5 Å². The maximum Gasteiger partial charge on any atom is 0.328 e. The molecule has 0 aromatic heterocycles. The maximum absolute atomic E-state index is 13.4. The zero-order valence-electron chi connectivity index (χ0n) is 15.9. The van der Waals surface area contributed by atoms with Crippen molar-refractivity contribution in [2.24, 2.45) is 4.99 Å². The SMILES string of the molecule is CN=C1NC2C(C(=O)N(Cc3ccccc3)C(=O)N2C)N1Cc1ccccc1. The largest absolute Gasteiger partial charge is 0.334 e. The van der Waals surface area contributed by atoms with Gasteiger partial charge in [0, 0.05) is 20.6 Å². The molecule has 2 atom stereocenters. The molecule has 0 spiro atoms. The summed E-state index contributed by atoms with van der Waals surface area (Å²) in [5.41, 5.74) is 1.99. The van der Waals surface area contributed by atoms with Crippen LogP contribution < -0.4 is 5.32 Å². The van der Waals surface area contributed by atoms with Gasteiger partial charge in [-0.05, 0) is 11.1 Å². The van der Waals surface area contributed by atoms with Crippen LogP contribution in [0.3, 0.4) is 0 Å². The van der Waals surface area contributed by atoms with Crippen LogP contribution in [0.2, 0.25) is 0 Å². The lowest BCUT2D eigenvalue weighted by molar-refractivity contribution is -0.138. The molecule has 2 aliphatic heterocycles. The highest BCUT2D eigenvalue weighted by atomic mass is 16.2. The molecule has 0 radical (unpaired) electrons. The van der Waals surface area contributed by atoms with E-state index >= 15 is 0 Å². The fourth-order valence-corrected chi connectivity index (χ4v) is 3.79. The first kappa shape index (κ1) is 18.0. The second kappa shape index (κ2) is 7.34. The summed E-state index contributed by atoms with van der Waals surface area (Å²) in [6.45, 7) is 0.790. The van der Waals surface area contributed by atoms with Gasteiger partial charge in [0.15, 0.2) is 12.0 Å². The van der Waals surface area contributed by atoms with Gasteiger partial charge >= 0.3 is 6.03 Å². The highest BCUT2D eigenvalue weighted by molar-refractivity contribution is 6.04. The van der Waals surface area contributed by atoms with Gasteiger partial charge in [-0.1, -0.05) is 60.7 Å². The zero-order chi connectivity index (χ0) is 19.7. The number of hydrogen-bond donors (Lipinski definition) is 1. The zero-order valence-corrected chi connectivity index (χ0v) is 15.9. The molecule has 1 N–H and O–H groups in total. The van der Waals surface area contributed by atoms with Crippen LogP contribution in [0.4, 0.5) is 4.79 Å². The van der Waals surface area contributed by atoms with Crippen LogP contribution in [0.5, 0.6) is 0 Å². The summed E-state index contributed by atoms with van der Waals surface area (Å²) in [4.78, 5) is 35.4. The Labute approximate surface area is 164 Å². The Morgan fingerprint density at radius 1 is 0.929 bits per heavy atom. The smallest absolute Gasteiger partial charge is 0.328 e. The Morgan fingerprint density at radius 3 is 2.07 bits per heavy atom. The van der Waals surface area contributed by atoms with Crippen LogP contribution in [-0.2, 0) is 17.9 Å². The Morgan fingerprint density at radius 2 is 1.50 bits per heavy atom. The first-order valence-corrected chi connectivity index (χ1v) is 9.26. The number of guanidine groups is 1. The van der Waals surface area contributed by atoms with Crippen molar-refractivity contribution in [3.05, 3.63) is 71.8 Å². The van der Waals surface area contributed by atoms with Gasteiger partial charge in [-0.25, -0.2) is 4.79 Å². The van der Waals surface area contributed by atoms with E-state index in [9.17, 15) is 9.59 Å². The molecule has 7 heteroatoms. The fraction of sp³-hybridized carbons (Fsp3) is 0.286. The van der Waals surface area contributed by atoms with E-state index in [0.29, 0.717) is 12.5 Å². The summed E-state index contributed by atoms with van der Waals surface area (Å²) >= 11 is 0. The number of imide groups is 1. The van der Waals surface area contributed by atoms with Gasteiger partial charge in [-0.15, -0.1) is 0 Å². The van der Waals surface area contributed by atoms with Crippen molar-refractivity contribution in [3.8, 4) is 0 Å². The molecule has 2 unspecified atom stereocenters. The number of benzene rings is 2. The first-order valence-electron chi connectivity index (χ1n) is 9.26. The number of nitrogens with zero attached hydrogens (tertiary/aromatic N) is 4. The number of carbonyl (C=O) groups excluding carboxylic acids is 2. The number of likely N-dealkylation sites (N-methyl/N-ethyl adjacent to an activating group) is 1. The van der Waals surface area contributed by atoms with Crippen molar-refractivity contribution in [3.63, 3.8) is 0 Å². The summed E-state index contributed by atoms with van der Waals surface area (Å²) in [5, 5.41) is 3.24. The minimum Gasteiger partial charge on any atom is -0.334 e. The third-order valence-corrected chi connectivity index (χ3v) is 5.24. The summed E-state index contributed by atoms with van der Waals surface area (Å²) < 4.78 is 0. The van der Waals surface area contributed by atoms with Crippen LogP contribution in [-0.4, -0.2) is 58.9 Å². The number of hydrogen-bond acceptors (Lipinski definition) is 3. The molecule has 2 aliphatic rings. The summed E-state index contributed by atoms with van der Waals surface area (Å²) in [7, 11) is 3.41. The van der Waals surface area contributed by atoms with Gasteiger partial charge in [-0.2, -0.15) is 0 Å². The van der Waals surface area contributed by atoms with Crippen molar-refractivity contribution < 1.29 is 9.59 Å². The molecule has 2 saturated heterocycles. The third kappa shape index (κ3) is 3.09. The van der Waals surface area contributed by atoms with Crippen molar-refractivity contribution >= 4 is 17.9 Å². The van der Waals surface area contributed by atoms with E-state index < -0.39 is 12.2 Å². The Hall–Kier alpha value is -3.35. The molecule has 4 rings (SSSR count). The lowest BCUT2D eigenvalue weighted by Gasteiger charge is -2.41. The van der Waals surface area contributed by atoms with Crippen molar-refractivity contribution in [1.29, 1.82) is 0 Å². The normalized spacial score (nSPS) is 23.2. The molecule has 28 heavy (non-hydrogen) atoms. The highest BCUT2D eigenvalue weighted by Gasteiger charge is 2.52. The predicted molar refractivity (Wildman–Crippen MR) is 106 cm³/mol. The minimum absolute atomic E-state index is 0.209. The molecule has 7 nitrogen and oxygen atoms in total. The van der Waals surface area contributed by atoms with E-state index in [1.54, 1.807) is 19.0 Å². The monoisotopic (exact) mass is 377 g/mol. The number of urea groups is 1. The van der Waals surface area contributed by atoms with Crippen molar-refractivity contribution in [2.75, 3.05) is 14.1 Å². The Kier molecular flexibility index (Phi) is 4.73. The quantitative estimate of drug-likeness (QED) is 0.883. The third-order valence-electron chi connectivity index (χ3n) is 5.24. The predicted octanol–water partition coefficient (Wildman–Crippen LogP) is 1.87. The molecule has 0 saturated carbocycles. The molecule has 2 fully saturated rings. The molecular formula is C21H23N5O2. The second-order valence-electron chi connectivity index (χ2n) is 7.00. The van der Waals surface area contributed by atoms with E-state index in [4.69, 9.17) is 0 Å². The van der Waals surface area contributed by atoms with E-state index in [2.05, 4.69) is 10.3 Å². The fourth-order valence-electron chi connectivity index (χ4n) is 3.79. The number of aliphatic imine (C=N–C) groups is 1. The average molecular weight is 377 g/mol. The molecule has 144 valence electrons. The second-order valence-corrected chi connectivity index (χ2v) is 7.00. The Bertz CT molecular complexity index is 900. The van der Waals surface area contributed by atoms with Crippen LogP contribution in [0.15, 0.2) is 65.7 Å². The maximum atomic E-state index is 13.4. The molecule has 0 aliphatic carbocycles. The van der Waals surface area contributed by atoms with Crippen LogP contribution in [0.25, 0.3) is 0 Å². The van der Waals surface area contributed by atoms with Crippen molar-refractivity contribution in [2.45, 2.75) is 25.3 Å². The number of rotatable bonds is 4. The van der Waals surface area contributed by atoms with Gasteiger partial charge < -0.3 is 15.1 Å². The standard InChI is InChI=1S/C21H23N5O2/c1-22-20-23-18-17(25(20)13-15-9-5-3-6-10-15)19(27)26(21(28)24(18)2)14-16-11-7-4-8-12-16/h3-12,17-18H,13-14H2,1-2H3,(H,22,23). The average Bonchev–Trinajstić information content (AvgIpc) is 3.09. The van der Waals surface area contributed by atoms with Gasteiger partial charge in [0.25, 0.3) is 5.91 Å². The lowest BCUT2D eigenvalue weighted by atomic mass is 10.1. The lowest BCUT2D eigenvalue weighted by Crippen LogP contribution is -2.65. The molecule has 3 amide bonds. The van der Waals surface area contributed by atoms with Crippen LogP contribution in [0.1, 0.15) is 11.1 Å². The van der Waals surface area contributed by atoms with E-state index in [0.717, 1.165) is 11.1 Å². The molecular weight excluding hydrogens is 354 g/mol. The van der Waals surface area contributed by atoms with E-state index in [1.807, 2.05) is 65.6 Å². The number of nitrogens with one attached hydrogen (secondary N) is 1. The van der Waals surface area contributed by atoms with Crippen LogP contribution >= 0.6 is 0 Å². The summed E-state index contributed by atoms with van der Waals surface area (Å²) in [6, 6.07) is 18.7. The molecule has 2 aromatic carbocycles. The number of amides is 3. The number of carbonyl (C=O) groups is 2. The van der Waals surface area contributed by atoms with Gasteiger partial charge in [0.2, 0.25) is 0 Å². The summed E-state index contributed by atoms with van der Waals surface area (Å²) in [6.07, 6.45) is -0.436. The van der Waals surface area contributed by atoms with Crippen LogP contribution in [0, 0.1) is 0 Å². The summed E-state index contributed by atoms with van der Waals surface area (Å²) in [5.74, 6) is 0.410. The highest BCUT2D eigenvalue weighted by Crippen LogP contribution is 2.27. The van der Waals surface area contributed by atoms with Gasteiger partial charge in [-0.3, -0.25) is 14.7 Å². The Balaban J connectivity index is 1.65.